The van der Waals surface area contributed by atoms with Crippen LogP contribution in [0.1, 0.15) is 5.56 Å². The van der Waals surface area contributed by atoms with Gasteiger partial charge in [0.05, 0.1) is 21.9 Å². The number of aromatic nitrogens is 2. The van der Waals surface area contributed by atoms with Gasteiger partial charge in [0.2, 0.25) is 0 Å². The van der Waals surface area contributed by atoms with Crippen molar-refractivity contribution < 1.29 is 5.11 Å². The minimum atomic E-state index is 0.0988. The number of hydrogen-bond donors (Lipinski definition) is 1. The number of rotatable bonds is 2. The minimum Gasteiger partial charge on any atom is -0.506 e. The van der Waals surface area contributed by atoms with Crippen molar-refractivity contribution in [1.29, 1.82) is 0 Å². The average molecular weight is 369 g/mol. The van der Waals surface area contributed by atoms with Gasteiger partial charge in [0.1, 0.15) is 16.8 Å². The van der Waals surface area contributed by atoms with Crippen LogP contribution in [0.15, 0.2) is 39.8 Å². The van der Waals surface area contributed by atoms with Crippen LogP contribution < -0.4 is 0 Å². The summed E-state index contributed by atoms with van der Waals surface area (Å²) in [5.74, 6) is 0.0988. The molecule has 0 aliphatic carbocycles. The maximum atomic E-state index is 9.95. The molecule has 0 aliphatic heterocycles. The molecule has 0 radical (unpaired) electrons. The lowest BCUT2D eigenvalue weighted by Crippen LogP contribution is -1.84. The van der Waals surface area contributed by atoms with Crippen molar-refractivity contribution in [1.82, 2.24) is 8.75 Å². The third-order valence-electron chi connectivity index (χ3n) is 2.67. The summed E-state index contributed by atoms with van der Waals surface area (Å²) in [6.07, 6.45) is 1.56. The number of hydrogen-bond acceptors (Lipinski definition) is 5. The van der Waals surface area contributed by atoms with E-state index in [4.69, 9.17) is 11.6 Å². The van der Waals surface area contributed by atoms with Crippen molar-refractivity contribution in [3.05, 3.63) is 45.4 Å². The zero-order chi connectivity index (χ0) is 14.1. The molecule has 3 aromatic rings. The molecule has 0 atom stereocenters. The van der Waals surface area contributed by atoms with Gasteiger partial charge in [-0.05, 0) is 40.2 Å². The smallest absolute Gasteiger partial charge is 0.138 e. The van der Waals surface area contributed by atoms with Crippen LogP contribution in [0.4, 0.5) is 5.69 Å². The van der Waals surface area contributed by atoms with Crippen LogP contribution in [0, 0.1) is 0 Å². The molecule has 7 heteroatoms. The van der Waals surface area contributed by atoms with Crippen LogP contribution in [0.2, 0.25) is 5.02 Å². The van der Waals surface area contributed by atoms with E-state index in [1.165, 1.54) is 0 Å². The molecule has 0 saturated carbocycles. The van der Waals surface area contributed by atoms with Gasteiger partial charge >= 0.3 is 0 Å². The first-order valence-corrected chi connectivity index (χ1v) is 7.48. The highest BCUT2D eigenvalue weighted by Gasteiger charge is 2.07. The highest BCUT2D eigenvalue weighted by Crippen LogP contribution is 2.31. The Morgan fingerprint density at radius 1 is 1.30 bits per heavy atom. The van der Waals surface area contributed by atoms with Gasteiger partial charge in [0.15, 0.2) is 0 Å². The molecule has 0 aliphatic rings. The van der Waals surface area contributed by atoms with E-state index in [0.717, 1.165) is 22.8 Å². The quantitative estimate of drug-likeness (QED) is 0.674. The summed E-state index contributed by atoms with van der Waals surface area (Å²) in [5.41, 5.74) is 2.78. The molecule has 3 rings (SSSR count). The molecule has 4 nitrogen and oxygen atoms in total. The Labute approximate surface area is 132 Å². The lowest BCUT2D eigenvalue weighted by molar-refractivity contribution is 0.471. The van der Waals surface area contributed by atoms with E-state index in [1.54, 1.807) is 18.3 Å². The molecule has 2 aromatic carbocycles. The van der Waals surface area contributed by atoms with Crippen molar-refractivity contribution in [3.8, 4) is 5.75 Å². The summed E-state index contributed by atoms with van der Waals surface area (Å²) < 4.78 is 8.89. The first-order valence-electron chi connectivity index (χ1n) is 5.58. The molecule has 0 bridgehead atoms. The van der Waals surface area contributed by atoms with Crippen molar-refractivity contribution in [2.75, 3.05) is 0 Å². The van der Waals surface area contributed by atoms with Gasteiger partial charge in [-0.2, -0.15) is 8.75 Å². The van der Waals surface area contributed by atoms with Crippen molar-refractivity contribution >= 4 is 62.2 Å². The van der Waals surface area contributed by atoms with Gasteiger partial charge in [-0.3, -0.25) is 4.99 Å². The van der Waals surface area contributed by atoms with E-state index in [-0.39, 0.29) is 5.75 Å². The van der Waals surface area contributed by atoms with Gasteiger partial charge < -0.3 is 5.11 Å². The second kappa shape index (κ2) is 5.47. The number of benzene rings is 2. The first kappa shape index (κ1) is 13.5. The maximum absolute atomic E-state index is 9.95. The highest BCUT2D eigenvalue weighted by molar-refractivity contribution is 9.10. The zero-order valence-electron chi connectivity index (χ0n) is 9.92. The monoisotopic (exact) mass is 367 g/mol. The molecular formula is C13H7BrClN3OS. The van der Waals surface area contributed by atoms with Gasteiger partial charge in [-0.15, -0.1) is 0 Å². The third kappa shape index (κ3) is 2.54. The molecular weight excluding hydrogens is 362 g/mol. The number of phenolic OH excluding ortho intramolecular Hbond substituents is 1. The van der Waals surface area contributed by atoms with Crippen LogP contribution in [0.3, 0.4) is 0 Å². The van der Waals surface area contributed by atoms with Gasteiger partial charge in [0.25, 0.3) is 0 Å². The van der Waals surface area contributed by atoms with Crippen LogP contribution in [-0.4, -0.2) is 20.1 Å². The van der Waals surface area contributed by atoms with E-state index >= 15 is 0 Å². The maximum Gasteiger partial charge on any atom is 0.138 e. The highest BCUT2D eigenvalue weighted by atomic mass is 79.9. The Kier molecular flexibility index (Phi) is 3.69. The molecule has 1 heterocycles. The SMILES string of the molecule is Oc1c(Br)cc(Cl)cc1C=Nc1cccc2nsnc12. The Bertz CT molecular complexity index is 818. The van der Waals surface area contributed by atoms with Crippen molar-refractivity contribution in [2.24, 2.45) is 4.99 Å². The molecule has 1 aromatic heterocycles. The average Bonchev–Trinajstić information content (AvgIpc) is 2.90. The number of nitrogens with zero attached hydrogens (tertiary/aromatic N) is 3. The number of halogens is 2. The summed E-state index contributed by atoms with van der Waals surface area (Å²) in [6.45, 7) is 0. The predicted octanol–water partition coefficient (Wildman–Crippen LogP) is 4.56. The Balaban J connectivity index is 2.05. The standard InChI is InChI=1S/C13H7BrClN3OS/c14-9-5-8(15)4-7(13(9)19)6-16-10-2-1-3-11-12(10)18-20-17-11/h1-6,19H. The molecule has 100 valence electrons. The van der Waals surface area contributed by atoms with Crippen molar-refractivity contribution in [3.63, 3.8) is 0 Å². The number of fused-ring (bicyclic) bond motifs is 1. The summed E-state index contributed by atoms with van der Waals surface area (Å²) in [4.78, 5) is 4.36. The minimum absolute atomic E-state index is 0.0988. The van der Waals surface area contributed by atoms with E-state index in [2.05, 4.69) is 29.7 Å². The van der Waals surface area contributed by atoms with E-state index in [9.17, 15) is 5.11 Å². The Morgan fingerprint density at radius 2 is 2.15 bits per heavy atom. The van der Waals surface area contributed by atoms with E-state index in [1.807, 2.05) is 18.2 Å². The van der Waals surface area contributed by atoms with Gasteiger partial charge in [-0.1, -0.05) is 17.7 Å². The first-order chi connectivity index (χ1) is 9.65. The Morgan fingerprint density at radius 3 is 3.00 bits per heavy atom. The van der Waals surface area contributed by atoms with Gasteiger partial charge in [0, 0.05) is 16.8 Å². The van der Waals surface area contributed by atoms with E-state index in [0.29, 0.717) is 20.7 Å². The number of aromatic hydroxyl groups is 1. The Hall–Kier alpha value is -1.50. The summed E-state index contributed by atoms with van der Waals surface area (Å²) in [5, 5.41) is 10.5. The fourth-order valence-electron chi connectivity index (χ4n) is 1.72. The van der Waals surface area contributed by atoms with Crippen LogP contribution in [-0.2, 0) is 0 Å². The number of phenols is 1. The normalized spacial score (nSPS) is 11.5. The lowest BCUT2D eigenvalue weighted by Gasteiger charge is -2.02. The fourth-order valence-corrected chi connectivity index (χ4v) is 3.10. The zero-order valence-corrected chi connectivity index (χ0v) is 13.1. The molecule has 0 amide bonds. The predicted molar refractivity (Wildman–Crippen MR) is 85.5 cm³/mol. The van der Waals surface area contributed by atoms with Crippen LogP contribution >= 0.6 is 39.3 Å². The summed E-state index contributed by atoms with van der Waals surface area (Å²) in [6, 6.07) is 8.86. The molecule has 1 N–H and O–H groups in total. The lowest BCUT2D eigenvalue weighted by atomic mass is 10.2. The van der Waals surface area contributed by atoms with Crippen LogP contribution in [0.25, 0.3) is 11.0 Å². The molecule has 0 saturated heterocycles. The van der Waals surface area contributed by atoms with E-state index < -0.39 is 0 Å². The topological polar surface area (TPSA) is 58.4 Å². The van der Waals surface area contributed by atoms with Crippen LogP contribution in [0.5, 0.6) is 5.75 Å². The second-order valence-corrected chi connectivity index (χ2v) is 5.81. The third-order valence-corrected chi connectivity index (χ3v) is 4.03. The molecule has 0 unspecified atom stereocenters. The second-order valence-electron chi connectivity index (χ2n) is 3.99. The summed E-state index contributed by atoms with van der Waals surface area (Å²) >= 11 is 10.3. The number of aliphatic imine (C=N–C) groups is 1. The largest absolute Gasteiger partial charge is 0.506 e. The molecule has 0 fully saturated rings. The fraction of sp³-hybridized carbons (Fsp3) is 0. The summed E-state index contributed by atoms with van der Waals surface area (Å²) in [7, 11) is 0. The van der Waals surface area contributed by atoms with Crippen molar-refractivity contribution in [2.45, 2.75) is 0 Å². The molecule has 20 heavy (non-hydrogen) atoms. The van der Waals surface area contributed by atoms with Gasteiger partial charge in [-0.25, -0.2) is 0 Å². The molecule has 0 spiro atoms.